The highest BCUT2D eigenvalue weighted by molar-refractivity contribution is 14.0. The third kappa shape index (κ3) is 8.46. The van der Waals surface area contributed by atoms with E-state index in [9.17, 15) is 4.21 Å². The van der Waals surface area contributed by atoms with Crippen LogP contribution in [-0.2, 0) is 16.6 Å². The zero-order valence-corrected chi connectivity index (χ0v) is 17.6. The van der Waals surface area contributed by atoms with Crippen molar-refractivity contribution in [3.05, 3.63) is 35.9 Å². The molecule has 1 aromatic rings. The Labute approximate surface area is 165 Å². The van der Waals surface area contributed by atoms with Crippen LogP contribution in [0.4, 0.5) is 0 Å². The Morgan fingerprint density at radius 3 is 2.58 bits per heavy atom. The summed E-state index contributed by atoms with van der Waals surface area (Å²) in [6.07, 6.45) is 6.41. The summed E-state index contributed by atoms with van der Waals surface area (Å²) in [4.78, 5) is 4.59. The van der Waals surface area contributed by atoms with Gasteiger partial charge >= 0.3 is 0 Å². The molecule has 0 radical (unpaired) electrons. The average Bonchev–Trinajstić information content (AvgIpc) is 2.57. The second kappa shape index (κ2) is 12.7. The van der Waals surface area contributed by atoms with Gasteiger partial charge in [-0.15, -0.1) is 24.0 Å². The largest absolute Gasteiger partial charge is 0.357 e. The van der Waals surface area contributed by atoms with Crippen LogP contribution in [0.3, 0.4) is 0 Å². The van der Waals surface area contributed by atoms with Crippen LogP contribution >= 0.6 is 24.0 Å². The van der Waals surface area contributed by atoms with Gasteiger partial charge in [0.15, 0.2) is 5.96 Å². The molecule has 1 atom stereocenters. The Kier molecular flexibility index (Phi) is 11.3. The van der Waals surface area contributed by atoms with Gasteiger partial charge < -0.3 is 10.6 Å². The van der Waals surface area contributed by atoms with E-state index in [0.29, 0.717) is 24.1 Å². The Morgan fingerprint density at radius 2 is 1.92 bits per heavy atom. The van der Waals surface area contributed by atoms with Crippen LogP contribution in [0.25, 0.3) is 0 Å². The first-order chi connectivity index (χ1) is 11.3. The van der Waals surface area contributed by atoms with Gasteiger partial charge in [0, 0.05) is 34.9 Å². The summed E-state index contributed by atoms with van der Waals surface area (Å²) in [5, 5.41) is 6.81. The number of rotatable bonds is 7. The van der Waals surface area contributed by atoms with E-state index < -0.39 is 10.8 Å². The first-order valence-electron chi connectivity index (χ1n) is 8.71. The summed E-state index contributed by atoms with van der Waals surface area (Å²) in [5.74, 6) is 2.09. The molecule has 136 valence electrons. The van der Waals surface area contributed by atoms with Gasteiger partial charge in [-0.05, 0) is 25.3 Å². The quantitative estimate of drug-likeness (QED) is 0.370. The number of guanidine groups is 1. The topological polar surface area (TPSA) is 53.5 Å². The van der Waals surface area contributed by atoms with Gasteiger partial charge in [-0.3, -0.25) is 9.20 Å². The minimum Gasteiger partial charge on any atom is -0.357 e. The highest BCUT2D eigenvalue weighted by Crippen LogP contribution is 2.17. The van der Waals surface area contributed by atoms with Crippen molar-refractivity contribution >= 4 is 40.7 Å². The molecule has 1 aliphatic rings. The zero-order valence-electron chi connectivity index (χ0n) is 14.5. The molecular weight excluding hydrogens is 433 g/mol. The highest BCUT2D eigenvalue weighted by Gasteiger charge is 2.14. The smallest absolute Gasteiger partial charge is 0.191 e. The predicted octanol–water partition coefficient (Wildman–Crippen LogP) is 3.44. The Balaban J connectivity index is 0.00000288. The molecule has 0 saturated heterocycles. The number of benzene rings is 1. The molecule has 1 saturated carbocycles. The summed E-state index contributed by atoms with van der Waals surface area (Å²) < 4.78 is 12.1. The molecule has 2 rings (SSSR count). The van der Waals surface area contributed by atoms with Crippen molar-refractivity contribution in [1.29, 1.82) is 0 Å². The fraction of sp³-hybridized carbons (Fsp3) is 0.611. The minimum atomic E-state index is -0.861. The molecule has 0 amide bonds. The Hall–Kier alpha value is -0.630. The Bertz CT molecular complexity index is 504. The number of halogens is 1. The number of nitrogens with zero attached hydrogens (tertiary/aromatic N) is 1. The summed E-state index contributed by atoms with van der Waals surface area (Å²) >= 11 is 0. The number of nitrogens with one attached hydrogen (secondary N) is 2. The predicted molar refractivity (Wildman–Crippen MR) is 115 cm³/mol. The Morgan fingerprint density at radius 1 is 1.21 bits per heavy atom. The molecular formula is C18H30IN3OS. The SMILES string of the molecule is CCNC(=NCCS(=O)Cc1ccccc1)NC1CCCCC1.I. The first-order valence-corrected chi connectivity index (χ1v) is 10.2. The fourth-order valence-electron chi connectivity index (χ4n) is 2.85. The maximum Gasteiger partial charge on any atom is 0.191 e. The van der Waals surface area contributed by atoms with Crippen LogP contribution in [0, 0.1) is 0 Å². The molecule has 1 fully saturated rings. The van der Waals surface area contributed by atoms with Crippen LogP contribution < -0.4 is 10.6 Å². The van der Waals surface area contributed by atoms with E-state index in [1.54, 1.807) is 0 Å². The van der Waals surface area contributed by atoms with E-state index in [-0.39, 0.29) is 24.0 Å². The molecule has 2 N–H and O–H groups in total. The minimum absolute atomic E-state index is 0. The van der Waals surface area contributed by atoms with Crippen LogP contribution in [0.15, 0.2) is 35.3 Å². The van der Waals surface area contributed by atoms with Gasteiger partial charge in [0.1, 0.15) is 0 Å². The van der Waals surface area contributed by atoms with Crippen molar-refractivity contribution in [2.45, 2.75) is 50.8 Å². The van der Waals surface area contributed by atoms with Crippen molar-refractivity contribution in [2.24, 2.45) is 4.99 Å². The summed E-state index contributed by atoms with van der Waals surface area (Å²) in [7, 11) is -0.861. The standard InChI is InChI=1S/C18H29N3OS.HI/c1-2-19-18(21-17-11-7-4-8-12-17)20-13-14-23(22)15-16-9-5-3-6-10-16;/h3,5-6,9-10,17H,2,4,7-8,11-15H2,1H3,(H2,19,20,21);1H. The molecule has 0 bridgehead atoms. The van der Waals surface area contributed by atoms with Crippen molar-refractivity contribution in [3.8, 4) is 0 Å². The second-order valence-corrected chi connectivity index (χ2v) is 7.59. The lowest BCUT2D eigenvalue weighted by molar-refractivity contribution is 0.410. The van der Waals surface area contributed by atoms with Crippen molar-refractivity contribution < 1.29 is 4.21 Å². The average molecular weight is 463 g/mol. The van der Waals surface area contributed by atoms with E-state index in [2.05, 4.69) is 22.5 Å². The summed E-state index contributed by atoms with van der Waals surface area (Å²) in [6, 6.07) is 10.5. The third-order valence-electron chi connectivity index (χ3n) is 4.05. The van der Waals surface area contributed by atoms with Crippen molar-refractivity contribution in [3.63, 3.8) is 0 Å². The van der Waals surface area contributed by atoms with Crippen LogP contribution in [0.2, 0.25) is 0 Å². The van der Waals surface area contributed by atoms with Crippen LogP contribution in [-0.4, -0.2) is 35.1 Å². The van der Waals surface area contributed by atoms with E-state index in [1.165, 1.54) is 32.1 Å². The number of hydrogen-bond acceptors (Lipinski definition) is 2. The van der Waals surface area contributed by atoms with Crippen molar-refractivity contribution in [1.82, 2.24) is 10.6 Å². The highest BCUT2D eigenvalue weighted by atomic mass is 127. The third-order valence-corrected chi connectivity index (χ3v) is 5.34. The van der Waals surface area contributed by atoms with Gasteiger partial charge in [-0.1, -0.05) is 49.6 Å². The van der Waals surface area contributed by atoms with Gasteiger partial charge in [-0.25, -0.2) is 0 Å². The second-order valence-electron chi connectivity index (χ2n) is 6.01. The molecule has 0 aliphatic heterocycles. The van der Waals surface area contributed by atoms with E-state index >= 15 is 0 Å². The monoisotopic (exact) mass is 463 g/mol. The van der Waals surface area contributed by atoms with E-state index in [4.69, 9.17) is 0 Å². The fourth-order valence-corrected chi connectivity index (χ4v) is 3.86. The number of aliphatic imine (C=N–C) groups is 1. The molecule has 0 heterocycles. The first kappa shape index (κ1) is 21.4. The molecule has 24 heavy (non-hydrogen) atoms. The van der Waals surface area contributed by atoms with Crippen molar-refractivity contribution in [2.75, 3.05) is 18.8 Å². The van der Waals surface area contributed by atoms with Crippen LogP contribution in [0.1, 0.15) is 44.6 Å². The normalized spacial score (nSPS) is 17.0. The summed E-state index contributed by atoms with van der Waals surface area (Å²) in [5.41, 5.74) is 1.13. The molecule has 4 nitrogen and oxygen atoms in total. The zero-order chi connectivity index (χ0) is 16.3. The molecule has 1 aromatic carbocycles. The molecule has 0 spiro atoms. The lowest BCUT2D eigenvalue weighted by Gasteiger charge is -2.24. The molecule has 0 aromatic heterocycles. The van der Waals surface area contributed by atoms with Crippen LogP contribution in [0.5, 0.6) is 0 Å². The molecule has 6 heteroatoms. The van der Waals surface area contributed by atoms with Gasteiger partial charge in [-0.2, -0.15) is 0 Å². The van der Waals surface area contributed by atoms with E-state index in [0.717, 1.165) is 18.1 Å². The lowest BCUT2D eigenvalue weighted by Crippen LogP contribution is -2.44. The van der Waals surface area contributed by atoms with Gasteiger partial charge in [0.2, 0.25) is 0 Å². The maximum atomic E-state index is 12.1. The molecule has 1 aliphatic carbocycles. The lowest BCUT2D eigenvalue weighted by atomic mass is 9.96. The number of hydrogen-bond donors (Lipinski definition) is 2. The van der Waals surface area contributed by atoms with Gasteiger partial charge in [0.25, 0.3) is 0 Å². The van der Waals surface area contributed by atoms with E-state index in [1.807, 2.05) is 30.3 Å². The maximum absolute atomic E-state index is 12.1. The molecule has 1 unspecified atom stereocenters. The summed E-state index contributed by atoms with van der Waals surface area (Å²) in [6.45, 7) is 3.53. The van der Waals surface area contributed by atoms with Gasteiger partial charge in [0.05, 0.1) is 6.54 Å².